The molecule has 0 aliphatic heterocycles. The van der Waals surface area contributed by atoms with Gasteiger partial charge in [-0.15, -0.1) is 0 Å². The fraction of sp³-hybridized carbons (Fsp3) is 0.167. The van der Waals surface area contributed by atoms with Crippen molar-refractivity contribution in [2.45, 2.75) is 6.92 Å². The van der Waals surface area contributed by atoms with Crippen LogP contribution in [0.5, 0.6) is 0 Å². The lowest BCUT2D eigenvalue weighted by molar-refractivity contribution is 0.979. The van der Waals surface area contributed by atoms with Gasteiger partial charge in [-0.2, -0.15) is 15.5 Å². The van der Waals surface area contributed by atoms with Gasteiger partial charge in [0.25, 0.3) is 0 Å². The van der Waals surface area contributed by atoms with Gasteiger partial charge in [-0.05, 0) is 6.92 Å². The fourth-order valence-corrected chi connectivity index (χ4v) is 0.581. The van der Waals surface area contributed by atoms with Gasteiger partial charge < -0.3 is 5.73 Å². The number of hydrogen-bond donors (Lipinski definition) is 1. The lowest BCUT2D eigenvalue weighted by Crippen LogP contribution is -1.98. The zero-order chi connectivity index (χ0) is 7.56. The highest BCUT2D eigenvalue weighted by atomic mass is 15.1. The Bertz CT molecular complexity index is 286. The van der Waals surface area contributed by atoms with Gasteiger partial charge in [-0.25, -0.2) is 0 Å². The highest BCUT2D eigenvalue weighted by molar-refractivity contribution is 5.54. The van der Waals surface area contributed by atoms with E-state index in [-0.39, 0.29) is 0 Å². The van der Waals surface area contributed by atoms with Crippen molar-refractivity contribution in [3.63, 3.8) is 0 Å². The predicted octanol–water partition coefficient (Wildman–Crippen LogP) is 0.239. The van der Waals surface area contributed by atoms with Gasteiger partial charge in [0.1, 0.15) is 6.07 Å². The SMILES string of the molecule is Cc1nncc(C#N)c1N. The summed E-state index contributed by atoms with van der Waals surface area (Å²) in [6.07, 6.45) is 1.35. The summed E-state index contributed by atoms with van der Waals surface area (Å²) in [4.78, 5) is 0. The predicted molar refractivity (Wildman–Crippen MR) is 35.9 cm³/mol. The Balaban J connectivity index is 3.31. The van der Waals surface area contributed by atoms with E-state index in [1.807, 2.05) is 6.07 Å². The van der Waals surface area contributed by atoms with Gasteiger partial charge in [-0.3, -0.25) is 0 Å². The molecule has 1 rings (SSSR count). The van der Waals surface area contributed by atoms with Crippen molar-refractivity contribution >= 4 is 5.69 Å². The first-order chi connectivity index (χ1) is 4.75. The molecule has 0 aliphatic carbocycles. The Hall–Kier alpha value is -1.63. The Morgan fingerprint density at radius 2 is 2.40 bits per heavy atom. The van der Waals surface area contributed by atoms with Gasteiger partial charge in [0.15, 0.2) is 0 Å². The fourth-order valence-electron chi connectivity index (χ4n) is 0.581. The number of nitrogens with two attached hydrogens (primary N) is 1. The first-order valence-corrected chi connectivity index (χ1v) is 2.73. The van der Waals surface area contributed by atoms with Crippen LogP contribution in [0.1, 0.15) is 11.3 Å². The number of aromatic nitrogens is 2. The van der Waals surface area contributed by atoms with Crippen LogP contribution in [0.3, 0.4) is 0 Å². The third-order valence-corrected chi connectivity index (χ3v) is 1.19. The van der Waals surface area contributed by atoms with Crippen molar-refractivity contribution < 1.29 is 0 Å². The monoisotopic (exact) mass is 134 g/mol. The molecular formula is C6H6N4. The molecule has 0 fully saturated rings. The molecule has 0 saturated carbocycles. The highest BCUT2D eigenvalue weighted by Crippen LogP contribution is 2.09. The molecule has 0 amide bonds. The average molecular weight is 134 g/mol. The molecule has 0 saturated heterocycles. The summed E-state index contributed by atoms with van der Waals surface area (Å²) in [5.74, 6) is 0. The minimum Gasteiger partial charge on any atom is -0.396 e. The molecule has 0 spiro atoms. The second-order valence-electron chi connectivity index (χ2n) is 1.87. The quantitative estimate of drug-likeness (QED) is 0.551. The second-order valence-corrected chi connectivity index (χ2v) is 1.87. The minimum absolute atomic E-state index is 0.382. The summed E-state index contributed by atoms with van der Waals surface area (Å²) in [6, 6.07) is 1.91. The van der Waals surface area contributed by atoms with Gasteiger partial charge in [0.05, 0.1) is 23.1 Å². The number of aryl methyl sites for hydroxylation is 1. The molecule has 0 aliphatic rings. The van der Waals surface area contributed by atoms with Crippen molar-refractivity contribution in [3.05, 3.63) is 17.5 Å². The molecule has 50 valence electrons. The van der Waals surface area contributed by atoms with E-state index in [0.717, 1.165) is 0 Å². The van der Waals surface area contributed by atoms with Crippen LogP contribution in [0.2, 0.25) is 0 Å². The lowest BCUT2D eigenvalue weighted by atomic mass is 10.2. The molecule has 1 aromatic rings. The topological polar surface area (TPSA) is 75.6 Å². The highest BCUT2D eigenvalue weighted by Gasteiger charge is 2.00. The molecule has 4 heteroatoms. The van der Waals surface area contributed by atoms with Crippen molar-refractivity contribution in [2.24, 2.45) is 0 Å². The van der Waals surface area contributed by atoms with E-state index < -0.39 is 0 Å². The number of rotatable bonds is 0. The summed E-state index contributed by atoms with van der Waals surface area (Å²) < 4.78 is 0. The molecule has 4 nitrogen and oxygen atoms in total. The maximum absolute atomic E-state index is 8.45. The minimum atomic E-state index is 0.382. The summed E-state index contributed by atoms with van der Waals surface area (Å²) in [6.45, 7) is 1.71. The van der Waals surface area contributed by atoms with Gasteiger partial charge in [0.2, 0.25) is 0 Å². The first-order valence-electron chi connectivity index (χ1n) is 2.73. The van der Waals surface area contributed by atoms with E-state index in [9.17, 15) is 0 Å². The molecule has 1 heterocycles. The van der Waals surface area contributed by atoms with Crippen molar-refractivity contribution in [2.75, 3.05) is 5.73 Å². The van der Waals surface area contributed by atoms with Crippen LogP contribution in [0.4, 0.5) is 5.69 Å². The van der Waals surface area contributed by atoms with Crippen LogP contribution >= 0.6 is 0 Å². The number of nitrogens with zero attached hydrogens (tertiary/aromatic N) is 3. The molecule has 0 radical (unpaired) electrons. The third kappa shape index (κ3) is 0.890. The van der Waals surface area contributed by atoms with Gasteiger partial charge in [0, 0.05) is 0 Å². The van der Waals surface area contributed by atoms with Crippen LogP contribution in [-0.4, -0.2) is 10.2 Å². The number of nitrogen functional groups attached to an aromatic ring is 1. The van der Waals surface area contributed by atoms with Crippen LogP contribution < -0.4 is 5.73 Å². The van der Waals surface area contributed by atoms with Crippen LogP contribution in [-0.2, 0) is 0 Å². The van der Waals surface area contributed by atoms with Crippen molar-refractivity contribution in [1.82, 2.24) is 10.2 Å². The largest absolute Gasteiger partial charge is 0.396 e. The second kappa shape index (κ2) is 2.31. The molecule has 0 atom stereocenters. The zero-order valence-electron chi connectivity index (χ0n) is 5.50. The van der Waals surface area contributed by atoms with E-state index >= 15 is 0 Å². The number of nitriles is 1. The molecule has 0 unspecified atom stereocenters. The molecule has 10 heavy (non-hydrogen) atoms. The van der Waals surface area contributed by atoms with Gasteiger partial charge >= 0.3 is 0 Å². The van der Waals surface area contributed by atoms with Crippen molar-refractivity contribution in [1.29, 1.82) is 5.26 Å². The van der Waals surface area contributed by atoms with E-state index in [2.05, 4.69) is 10.2 Å². The molecule has 1 aromatic heterocycles. The Kier molecular flexibility index (Phi) is 1.50. The zero-order valence-corrected chi connectivity index (χ0v) is 5.50. The van der Waals surface area contributed by atoms with Crippen LogP contribution in [0, 0.1) is 18.3 Å². The summed E-state index contributed by atoms with van der Waals surface area (Å²) in [7, 11) is 0. The van der Waals surface area contributed by atoms with Crippen LogP contribution in [0.15, 0.2) is 6.20 Å². The maximum atomic E-state index is 8.45. The van der Waals surface area contributed by atoms with Crippen molar-refractivity contribution in [3.8, 4) is 6.07 Å². The van der Waals surface area contributed by atoms with Gasteiger partial charge in [-0.1, -0.05) is 0 Å². The standard InChI is InChI=1S/C6H6N4/c1-4-6(8)5(2-7)3-9-10-4/h3H,1H3,(H2,8,9). The Morgan fingerprint density at radius 3 is 2.90 bits per heavy atom. The van der Waals surface area contributed by atoms with E-state index in [4.69, 9.17) is 11.0 Å². The first kappa shape index (κ1) is 6.49. The Labute approximate surface area is 58.3 Å². The lowest BCUT2D eigenvalue weighted by Gasteiger charge is -1.96. The Morgan fingerprint density at radius 1 is 1.70 bits per heavy atom. The summed E-state index contributed by atoms with van der Waals surface area (Å²) in [5.41, 5.74) is 6.86. The molecular weight excluding hydrogens is 128 g/mol. The summed E-state index contributed by atoms with van der Waals surface area (Å²) >= 11 is 0. The van der Waals surface area contributed by atoms with E-state index in [1.54, 1.807) is 6.92 Å². The van der Waals surface area contributed by atoms with E-state index in [0.29, 0.717) is 16.9 Å². The normalized spacial score (nSPS) is 8.80. The van der Waals surface area contributed by atoms with E-state index in [1.165, 1.54) is 6.20 Å². The summed E-state index contributed by atoms with van der Waals surface area (Å²) in [5, 5.41) is 15.7. The third-order valence-electron chi connectivity index (χ3n) is 1.19. The number of hydrogen-bond acceptors (Lipinski definition) is 4. The molecule has 2 N–H and O–H groups in total. The maximum Gasteiger partial charge on any atom is 0.103 e. The van der Waals surface area contributed by atoms with Crippen LogP contribution in [0.25, 0.3) is 0 Å². The molecule has 0 bridgehead atoms. The molecule has 0 aromatic carbocycles. The number of anilines is 1. The smallest absolute Gasteiger partial charge is 0.103 e. The average Bonchev–Trinajstić information content (AvgIpc) is 1.95.